The Morgan fingerprint density at radius 3 is 2.42 bits per heavy atom. The molecule has 0 amide bonds. The molecule has 2 N–H and O–H groups in total. The van der Waals surface area contributed by atoms with E-state index < -0.39 is 21.7 Å². The number of alkyl halides is 3. The van der Waals surface area contributed by atoms with E-state index in [-0.39, 0.29) is 10.6 Å². The molecule has 1 heterocycles. The van der Waals surface area contributed by atoms with E-state index in [0.29, 0.717) is 21.7 Å². The lowest BCUT2D eigenvalue weighted by Gasteiger charge is -2.08. The van der Waals surface area contributed by atoms with Gasteiger partial charge in [-0.1, -0.05) is 30.3 Å². The standard InChI is InChI=1S/C22H19F3N2O2S2/c1-14-6-3-4-9-18(14)27-19(12-21(26)22(23,24)25)20-11-16(13-30-20)15-7-5-8-17(10-15)31(2,28)29/h3-13H,26H2,1-2H3. The number of thiophene rings is 1. The van der Waals surface area contributed by atoms with E-state index in [2.05, 4.69) is 4.99 Å². The second kappa shape index (κ2) is 8.68. The lowest BCUT2D eigenvalue weighted by atomic mass is 10.1. The monoisotopic (exact) mass is 464 g/mol. The molecule has 0 unspecified atom stereocenters. The van der Waals surface area contributed by atoms with Crippen LogP contribution in [0.4, 0.5) is 18.9 Å². The Balaban J connectivity index is 2.10. The molecule has 0 saturated heterocycles. The molecule has 0 aliphatic carbocycles. The number of nitrogens with two attached hydrogens (primary N) is 1. The van der Waals surface area contributed by atoms with Crippen molar-refractivity contribution < 1.29 is 21.6 Å². The minimum Gasteiger partial charge on any atom is -0.395 e. The molecule has 0 aliphatic rings. The molecule has 0 spiro atoms. The van der Waals surface area contributed by atoms with Gasteiger partial charge in [-0.05, 0) is 59.3 Å². The van der Waals surface area contributed by atoms with Crippen LogP contribution in [0.25, 0.3) is 11.1 Å². The van der Waals surface area contributed by atoms with Crippen LogP contribution in [-0.4, -0.2) is 26.6 Å². The molecule has 9 heteroatoms. The molecule has 162 valence electrons. The Labute approximate surface area is 182 Å². The molecule has 3 aromatic rings. The third-order valence-corrected chi connectivity index (χ3v) is 6.49. The minimum absolute atomic E-state index is 0.0691. The van der Waals surface area contributed by atoms with Gasteiger partial charge in [0.15, 0.2) is 9.84 Å². The summed E-state index contributed by atoms with van der Waals surface area (Å²) in [5.41, 5.74) is 6.70. The molecule has 3 rings (SSSR count). The summed E-state index contributed by atoms with van der Waals surface area (Å²) in [5, 5.41) is 1.74. The fourth-order valence-electron chi connectivity index (χ4n) is 2.73. The number of para-hydroxylation sites is 1. The maximum absolute atomic E-state index is 13.1. The molecule has 2 aromatic carbocycles. The molecule has 0 bridgehead atoms. The summed E-state index contributed by atoms with van der Waals surface area (Å²) in [5.74, 6) is 0. The Bertz CT molecular complexity index is 1270. The molecule has 0 saturated carbocycles. The zero-order valence-electron chi connectivity index (χ0n) is 16.6. The summed E-state index contributed by atoms with van der Waals surface area (Å²) >= 11 is 1.20. The van der Waals surface area contributed by atoms with E-state index >= 15 is 0 Å². The van der Waals surface area contributed by atoms with Gasteiger partial charge in [0, 0.05) is 6.26 Å². The molecular weight excluding hydrogens is 445 g/mol. The van der Waals surface area contributed by atoms with Crippen molar-refractivity contribution in [2.75, 3.05) is 6.26 Å². The molecular formula is C22H19F3N2O2S2. The van der Waals surface area contributed by atoms with E-state index in [1.165, 1.54) is 23.5 Å². The maximum atomic E-state index is 13.1. The number of benzene rings is 2. The van der Waals surface area contributed by atoms with Crippen LogP contribution in [0.5, 0.6) is 0 Å². The Morgan fingerprint density at radius 2 is 1.77 bits per heavy atom. The predicted octanol–water partition coefficient (Wildman–Crippen LogP) is 5.65. The van der Waals surface area contributed by atoms with E-state index in [0.717, 1.165) is 17.9 Å². The van der Waals surface area contributed by atoms with Crippen LogP contribution < -0.4 is 5.73 Å². The van der Waals surface area contributed by atoms with Gasteiger partial charge in [0.05, 0.1) is 21.2 Å². The number of nitrogens with zero attached hydrogens (tertiary/aromatic N) is 1. The first-order valence-corrected chi connectivity index (χ1v) is 11.8. The number of hydrogen-bond acceptors (Lipinski definition) is 5. The zero-order valence-corrected chi connectivity index (χ0v) is 18.3. The quantitative estimate of drug-likeness (QED) is 0.496. The number of rotatable bonds is 5. The van der Waals surface area contributed by atoms with Gasteiger partial charge < -0.3 is 5.73 Å². The third kappa shape index (κ3) is 5.62. The number of halogens is 3. The SMILES string of the molecule is Cc1ccccc1N=C(C=C(N)C(F)(F)F)c1cc(-c2cccc(S(C)(=O)=O)c2)cs1. The molecule has 1 aromatic heterocycles. The molecule has 0 radical (unpaired) electrons. The molecule has 4 nitrogen and oxygen atoms in total. The summed E-state index contributed by atoms with van der Waals surface area (Å²) in [6, 6.07) is 15.1. The second-order valence-electron chi connectivity index (χ2n) is 6.88. The summed E-state index contributed by atoms with van der Waals surface area (Å²) in [6.07, 6.45) is -2.76. The van der Waals surface area contributed by atoms with Crippen LogP contribution in [-0.2, 0) is 9.84 Å². The minimum atomic E-state index is -4.68. The number of aliphatic imine (C=N–C) groups is 1. The topological polar surface area (TPSA) is 72.5 Å². The average Bonchev–Trinajstić information content (AvgIpc) is 3.18. The van der Waals surface area contributed by atoms with Crippen LogP contribution in [0.1, 0.15) is 10.4 Å². The highest BCUT2D eigenvalue weighted by Gasteiger charge is 2.32. The van der Waals surface area contributed by atoms with Crippen molar-refractivity contribution in [3.63, 3.8) is 0 Å². The van der Waals surface area contributed by atoms with Gasteiger partial charge in [0.2, 0.25) is 0 Å². The van der Waals surface area contributed by atoms with Gasteiger partial charge in [-0.3, -0.25) is 0 Å². The van der Waals surface area contributed by atoms with Crippen LogP contribution in [0.2, 0.25) is 0 Å². The van der Waals surface area contributed by atoms with E-state index in [4.69, 9.17) is 5.73 Å². The third-order valence-electron chi connectivity index (χ3n) is 4.42. The fraction of sp³-hybridized carbons (Fsp3) is 0.136. The highest BCUT2D eigenvalue weighted by Crippen LogP contribution is 2.30. The first-order chi connectivity index (χ1) is 14.4. The van der Waals surface area contributed by atoms with Crippen molar-refractivity contribution in [1.29, 1.82) is 0 Å². The number of allylic oxidation sites excluding steroid dienone is 2. The Kier molecular flexibility index (Phi) is 6.38. The first-order valence-electron chi connectivity index (χ1n) is 9.03. The summed E-state index contributed by atoms with van der Waals surface area (Å²) in [7, 11) is -3.39. The number of aryl methyl sites for hydroxylation is 1. The van der Waals surface area contributed by atoms with Gasteiger partial charge >= 0.3 is 6.18 Å². The van der Waals surface area contributed by atoms with Crippen molar-refractivity contribution in [3.8, 4) is 11.1 Å². The normalized spacial score (nSPS) is 13.5. The summed E-state index contributed by atoms with van der Waals surface area (Å²) < 4.78 is 62.9. The van der Waals surface area contributed by atoms with Crippen molar-refractivity contribution in [2.24, 2.45) is 10.7 Å². The highest BCUT2D eigenvalue weighted by atomic mass is 32.2. The van der Waals surface area contributed by atoms with Crippen LogP contribution >= 0.6 is 11.3 Å². The zero-order chi connectivity index (χ0) is 22.8. The van der Waals surface area contributed by atoms with Crippen molar-refractivity contribution >= 4 is 32.6 Å². The van der Waals surface area contributed by atoms with Gasteiger partial charge in [-0.25, -0.2) is 13.4 Å². The predicted molar refractivity (Wildman–Crippen MR) is 119 cm³/mol. The van der Waals surface area contributed by atoms with Gasteiger partial charge in [0.1, 0.15) is 5.70 Å². The van der Waals surface area contributed by atoms with E-state index in [1.54, 1.807) is 35.7 Å². The molecule has 31 heavy (non-hydrogen) atoms. The van der Waals surface area contributed by atoms with E-state index in [1.807, 2.05) is 19.1 Å². The lowest BCUT2D eigenvalue weighted by molar-refractivity contribution is -0.0925. The molecule has 0 fully saturated rings. The van der Waals surface area contributed by atoms with Gasteiger partial charge in [-0.15, -0.1) is 11.3 Å². The van der Waals surface area contributed by atoms with Crippen LogP contribution in [0.15, 0.2) is 81.6 Å². The van der Waals surface area contributed by atoms with Crippen molar-refractivity contribution in [2.45, 2.75) is 18.0 Å². The maximum Gasteiger partial charge on any atom is 0.430 e. The summed E-state index contributed by atoms with van der Waals surface area (Å²) in [6.45, 7) is 1.81. The molecule has 0 aliphatic heterocycles. The Hall–Kier alpha value is -2.91. The number of hydrogen-bond donors (Lipinski definition) is 1. The first kappa shape index (κ1) is 22.8. The second-order valence-corrected chi connectivity index (χ2v) is 9.81. The van der Waals surface area contributed by atoms with Crippen molar-refractivity contribution in [3.05, 3.63) is 82.2 Å². The lowest BCUT2D eigenvalue weighted by Crippen LogP contribution is -2.20. The number of sulfone groups is 1. The van der Waals surface area contributed by atoms with E-state index in [9.17, 15) is 21.6 Å². The van der Waals surface area contributed by atoms with Crippen LogP contribution in [0, 0.1) is 6.92 Å². The van der Waals surface area contributed by atoms with Crippen molar-refractivity contribution in [1.82, 2.24) is 0 Å². The van der Waals surface area contributed by atoms with Gasteiger partial charge in [-0.2, -0.15) is 13.2 Å². The van der Waals surface area contributed by atoms with Gasteiger partial charge in [0.25, 0.3) is 0 Å². The smallest absolute Gasteiger partial charge is 0.395 e. The highest BCUT2D eigenvalue weighted by molar-refractivity contribution is 7.90. The fourth-order valence-corrected chi connectivity index (χ4v) is 4.28. The molecule has 0 atom stereocenters. The average molecular weight is 465 g/mol. The Morgan fingerprint density at radius 1 is 1.06 bits per heavy atom. The van der Waals surface area contributed by atoms with Crippen LogP contribution in [0.3, 0.4) is 0 Å². The largest absolute Gasteiger partial charge is 0.430 e. The summed E-state index contributed by atoms with van der Waals surface area (Å²) in [4.78, 5) is 5.05.